The van der Waals surface area contributed by atoms with Crippen LogP contribution in [0.5, 0.6) is 0 Å². The Morgan fingerprint density at radius 3 is 2.88 bits per heavy atom. The van der Waals surface area contributed by atoms with Gasteiger partial charge in [-0.25, -0.2) is 4.98 Å². The molecule has 7 heteroatoms. The summed E-state index contributed by atoms with van der Waals surface area (Å²) in [6.45, 7) is 5.87. The Morgan fingerprint density at radius 1 is 1.21 bits per heavy atom. The van der Waals surface area contributed by atoms with E-state index in [1.54, 1.807) is 13.3 Å². The first-order chi connectivity index (χ1) is 16.1. The number of rotatable bonds is 3. The van der Waals surface area contributed by atoms with Gasteiger partial charge in [0.05, 0.1) is 36.7 Å². The highest BCUT2D eigenvalue weighted by molar-refractivity contribution is 6.00. The second-order valence-electron chi connectivity index (χ2n) is 9.64. The Morgan fingerprint density at radius 2 is 2.06 bits per heavy atom. The minimum Gasteiger partial charge on any atom is -0.379 e. The predicted octanol–water partition coefficient (Wildman–Crippen LogP) is 4.49. The smallest absolute Gasteiger partial charge is 0.230 e. The Bertz CT molecular complexity index is 1010. The van der Waals surface area contributed by atoms with Gasteiger partial charge in [-0.05, 0) is 63.3 Å². The first kappa shape index (κ1) is 22.2. The summed E-state index contributed by atoms with van der Waals surface area (Å²) in [6, 6.07) is 10.4. The standard InChI is InChI=1S/C26H34N4O3/c1-26(32-2)10-3-5-19(9-11-26)25(31)30-18-20-6-4-12-27-24(20)28-22-8-7-21(17-23(22)30)29-13-15-33-16-14-29/h4,6-8,12,17,19H,3,5,9-11,13-16,18H2,1-2H3,(H,27,28). The van der Waals surface area contributed by atoms with E-state index in [4.69, 9.17) is 9.47 Å². The van der Waals surface area contributed by atoms with Crippen molar-refractivity contribution in [2.75, 3.05) is 48.5 Å². The fourth-order valence-electron chi connectivity index (χ4n) is 5.27. The summed E-state index contributed by atoms with van der Waals surface area (Å²) >= 11 is 0. The number of fused-ring (bicyclic) bond motifs is 2. The van der Waals surface area contributed by atoms with Crippen LogP contribution in [0.3, 0.4) is 0 Å². The lowest BCUT2D eigenvalue weighted by atomic mass is 9.94. The lowest BCUT2D eigenvalue weighted by Gasteiger charge is -2.32. The van der Waals surface area contributed by atoms with E-state index in [0.717, 1.165) is 86.9 Å². The third kappa shape index (κ3) is 4.57. The van der Waals surface area contributed by atoms with E-state index in [9.17, 15) is 4.79 Å². The number of nitrogens with zero attached hydrogens (tertiary/aromatic N) is 3. The van der Waals surface area contributed by atoms with E-state index < -0.39 is 0 Å². The molecule has 1 saturated carbocycles. The number of carbonyl (C=O) groups is 1. The topological polar surface area (TPSA) is 66.9 Å². The van der Waals surface area contributed by atoms with Gasteiger partial charge in [0.25, 0.3) is 0 Å². The summed E-state index contributed by atoms with van der Waals surface area (Å²) in [7, 11) is 1.79. The van der Waals surface area contributed by atoms with Gasteiger partial charge in [-0.3, -0.25) is 4.79 Å². The molecule has 176 valence electrons. The summed E-state index contributed by atoms with van der Waals surface area (Å²) in [6.07, 6.45) is 6.46. The number of ether oxygens (including phenoxy) is 2. The number of morpholine rings is 1. The summed E-state index contributed by atoms with van der Waals surface area (Å²) in [5.74, 6) is 1.02. The average molecular weight is 451 g/mol. The molecule has 2 fully saturated rings. The Kier molecular flexibility index (Phi) is 6.25. The number of amides is 1. The molecule has 2 unspecified atom stereocenters. The molecule has 1 aromatic carbocycles. The minimum absolute atomic E-state index is 0.0000826. The van der Waals surface area contributed by atoms with Crippen LogP contribution < -0.4 is 15.1 Å². The zero-order chi connectivity index (χ0) is 22.8. The van der Waals surface area contributed by atoms with Crippen LogP contribution >= 0.6 is 0 Å². The van der Waals surface area contributed by atoms with E-state index in [0.29, 0.717) is 6.54 Å². The number of aromatic nitrogens is 1. The van der Waals surface area contributed by atoms with Crippen molar-refractivity contribution in [3.8, 4) is 0 Å². The lowest BCUT2D eigenvalue weighted by Crippen LogP contribution is -2.37. The van der Waals surface area contributed by atoms with Crippen molar-refractivity contribution < 1.29 is 14.3 Å². The number of hydrogen-bond acceptors (Lipinski definition) is 6. The van der Waals surface area contributed by atoms with Crippen LogP contribution in [0.2, 0.25) is 0 Å². The molecule has 1 aliphatic carbocycles. The molecule has 1 saturated heterocycles. The van der Waals surface area contributed by atoms with Crippen molar-refractivity contribution >= 4 is 28.8 Å². The number of hydrogen-bond donors (Lipinski definition) is 1. The summed E-state index contributed by atoms with van der Waals surface area (Å²) in [5.41, 5.74) is 3.88. The molecule has 1 amide bonds. The Labute approximate surface area is 196 Å². The quantitative estimate of drug-likeness (QED) is 0.695. The van der Waals surface area contributed by atoms with E-state index in [1.807, 2.05) is 11.0 Å². The maximum atomic E-state index is 14.0. The molecular weight excluding hydrogens is 416 g/mol. The van der Waals surface area contributed by atoms with Crippen LogP contribution in [0, 0.1) is 5.92 Å². The average Bonchev–Trinajstić information content (AvgIpc) is 3.16. The van der Waals surface area contributed by atoms with Gasteiger partial charge in [0.15, 0.2) is 0 Å². The molecule has 7 nitrogen and oxygen atoms in total. The van der Waals surface area contributed by atoms with E-state index >= 15 is 0 Å². The fourth-order valence-corrected chi connectivity index (χ4v) is 5.27. The van der Waals surface area contributed by atoms with Crippen molar-refractivity contribution in [2.24, 2.45) is 5.92 Å². The normalized spacial score (nSPS) is 25.3. The van der Waals surface area contributed by atoms with E-state index in [1.165, 1.54) is 0 Å². The highest BCUT2D eigenvalue weighted by Gasteiger charge is 2.35. The Hall–Kier alpha value is -2.64. The highest BCUT2D eigenvalue weighted by Crippen LogP contribution is 2.40. The second-order valence-corrected chi connectivity index (χ2v) is 9.64. The van der Waals surface area contributed by atoms with E-state index in [2.05, 4.69) is 46.4 Å². The summed E-state index contributed by atoms with van der Waals surface area (Å²) in [4.78, 5) is 22.9. The molecule has 2 aromatic rings. The highest BCUT2D eigenvalue weighted by atomic mass is 16.5. The number of nitrogens with one attached hydrogen (secondary N) is 1. The van der Waals surface area contributed by atoms with Crippen molar-refractivity contribution in [3.63, 3.8) is 0 Å². The molecule has 3 aliphatic rings. The van der Waals surface area contributed by atoms with Crippen LogP contribution in [-0.4, -0.2) is 49.9 Å². The van der Waals surface area contributed by atoms with Crippen molar-refractivity contribution in [3.05, 3.63) is 42.1 Å². The van der Waals surface area contributed by atoms with E-state index in [-0.39, 0.29) is 17.4 Å². The zero-order valence-electron chi connectivity index (χ0n) is 19.7. The number of anilines is 4. The second kappa shape index (κ2) is 9.31. The zero-order valence-corrected chi connectivity index (χ0v) is 19.7. The SMILES string of the molecule is COC1(C)CCCC(C(=O)N2Cc3cccnc3Nc3ccc(N4CCOCC4)cc32)CC1. The van der Waals surface area contributed by atoms with Crippen LogP contribution in [0.4, 0.5) is 22.9 Å². The molecule has 0 radical (unpaired) electrons. The van der Waals surface area contributed by atoms with Gasteiger partial charge in [0, 0.05) is 43.6 Å². The van der Waals surface area contributed by atoms with Gasteiger partial charge >= 0.3 is 0 Å². The monoisotopic (exact) mass is 450 g/mol. The number of methoxy groups -OCH3 is 1. The van der Waals surface area contributed by atoms with Gasteiger partial charge in [-0.2, -0.15) is 0 Å². The van der Waals surface area contributed by atoms with Gasteiger partial charge < -0.3 is 24.6 Å². The molecule has 2 aliphatic heterocycles. The number of pyridine rings is 1. The van der Waals surface area contributed by atoms with Crippen LogP contribution in [0.15, 0.2) is 36.5 Å². The van der Waals surface area contributed by atoms with Crippen molar-refractivity contribution in [2.45, 2.75) is 51.2 Å². The molecule has 1 aromatic heterocycles. The van der Waals surface area contributed by atoms with Crippen molar-refractivity contribution in [1.29, 1.82) is 0 Å². The van der Waals surface area contributed by atoms with Gasteiger partial charge in [-0.15, -0.1) is 0 Å². The first-order valence-corrected chi connectivity index (χ1v) is 12.1. The van der Waals surface area contributed by atoms with Gasteiger partial charge in [0.1, 0.15) is 5.82 Å². The molecule has 0 spiro atoms. The van der Waals surface area contributed by atoms with Gasteiger partial charge in [-0.1, -0.05) is 6.07 Å². The van der Waals surface area contributed by atoms with Crippen LogP contribution in [-0.2, 0) is 20.8 Å². The lowest BCUT2D eigenvalue weighted by molar-refractivity contribution is -0.123. The summed E-state index contributed by atoms with van der Waals surface area (Å²) in [5, 5.41) is 3.49. The molecule has 33 heavy (non-hydrogen) atoms. The molecule has 3 heterocycles. The minimum atomic E-state index is -0.132. The number of benzene rings is 1. The van der Waals surface area contributed by atoms with Crippen molar-refractivity contribution in [1.82, 2.24) is 4.98 Å². The van der Waals surface area contributed by atoms with Crippen LogP contribution in [0.25, 0.3) is 0 Å². The third-order valence-electron chi connectivity index (χ3n) is 7.51. The Balaban J connectivity index is 1.49. The fraction of sp³-hybridized carbons (Fsp3) is 0.538. The first-order valence-electron chi connectivity index (χ1n) is 12.1. The number of carbonyl (C=O) groups excluding carboxylic acids is 1. The molecule has 2 atom stereocenters. The largest absolute Gasteiger partial charge is 0.379 e. The maximum absolute atomic E-state index is 14.0. The molecule has 1 N–H and O–H groups in total. The third-order valence-corrected chi connectivity index (χ3v) is 7.51. The van der Waals surface area contributed by atoms with Crippen LogP contribution in [0.1, 0.15) is 44.6 Å². The van der Waals surface area contributed by atoms with Gasteiger partial charge in [0.2, 0.25) is 5.91 Å². The maximum Gasteiger partial charge on any atom is 0.230 e. The summed E-state index contributed by atoms with van der Waals surface area (Å²) < 4.78 is 11.3. The molecule has 0 bridgehead atoms. The predicted molar refractivity (Wildman–Crippen MR) is 130 cm³/mol. The molecular formula is C26H34N4O3. The molecule has 5 rings (SSSR count).